The summed E-state index contributed by atoms with van der Waals surface area (Å²) in [5, 5.41) is 9.21. The fourth-order valence-electron chi connectivity index (χ4n) is 2.88. The molecule has 1 saturated carbocycles. The van der Waals surface area contributed by atoms with Gasteiger partial charge in [0, 0.05) is 18.3 Å². The van der Waals surface area contributed by atoms with Crippen molar-refractivity contribution >= 4 is 5.69 Å². The molecular formula is C15H20N2. The van der Waals surface area contributed by atoms with E-state index in [1.54, 1.807) is 0 Å². The molecule has 90 valence electrons. The molecule has 2 heteroatoms. The van der Waals surface area contributed by atoms with E-state index in [2.05, 4.69) is 49.1 Å². The molecular weight excluding hydrogens is 208 g/mol. The van der Waals surface area contributed by atoms with Crippen molar-refractivity contribution in [2.75, 3.05) is 11.4 Å². The lowest BCUT2D eigenvalue weighted by molar-refractivity contribution is 0.541. The minimum Gasteiger partial charge on any atom is -0.367 e. The zero-order valence-corrected chi connectivity index (χ0v) is 10.7. The maximum Gasteiger partial charge on any atom is 0.0677 e. The van der Waals surface area contributed by atoms with E-state index in [1.807, 2.05) is 0 Å². The Morgan fingerprint density at radius 3 is 2.88 bits per heavy atom. The zero-order valence-electron chi connectivity index (χ0n) is 10.7. The van der Waals surface area contributed by atoms with Gasteiger partial charge in [-0.3, -0.25) is 0 Å². The van der Waals surface area contributed by atoms with Gasteiger partial charge in [-0.25, -0.2) is 0 Å². The Bertz CT molecular complexity index is 419. The van der Waals surface area contributed by atoms with Crippen molar-refractivity contribution in [2.45, 2.75) is 39.2 Å². The van der Waals surface area contributed by atoms with E-state index in [-0.39, 0.29) is 5.92 Å². The third-order valence-corrected chi connectivity index (χ3v) is 3.72. The largest absolute Gasteiger partial charge is 0.367 e. The molecule has 1 aliphatic rings. The van der Waals surface area contributed by atoms with Crippen molar-refractivity contribution in [3.05, 3.63) is 29.8 Å². The van der Waals surface area contributed by atoms with Gasteiger partial charge in [0.2, 0.25) is 0 Å². The van der Waals surface area contributed by atoms with E-state index in [0.717, 1.165) is 19.4 Å². The van der Waals surface area contributed by atoms with Crippen molar-refractivity contribution in [3.63, 3.8) is 0 Å². The van der Waals surface area contributed by atoms with Crippen LogP contribution < -0.4 is 4.90 Å². The smallest absolute Gasteiger partial charge is 0.0677 e. The molecule has 0 N–H and O–H groups in total. The van der Waals surface area contributed by atoms with E-state index in [9.17, 15) is 5.26 Å². The van der Waals surface area contributed by atoms with Crippen molar-refractivity contribution in [1.82, 2.24) is 0 Å². The standard InChI is InChI=1S/C15H20N2/c1-3-17(14-8-4-6-12(2)10-14)15-9-5-7-13(15)11-16/h4,6,8,10,13,15H,3,5,7,9H2,1-2H3. The van der Waals surface area contributed by atoms with Crippen molar-refractivity contribution in [3.8, 4) is 6.07 Å². The molecule has 0 bridgehead atoms. The Kier molecular flexibility index (Phi) is 3.68. The summed E-state index contributed by atoms with van der Waals surface area (Å²) in [4.78, 5) is 2.40. The number of benzene rings is 1. The number of aryl methyl sites for hydroxylation is 1. The van der Waals surface area contributed by atoms with Gasteiger partial charge in [0.15, 0.2) is 0 Å². The Morgan fingerprint density at radius 2 is 2.24 bits per heavy atom. The molecule has 2 nitrogen and oxygen atoms in total. The average molecular weight is 228 g/mol. The Morgan fingerprint density at radius 1 is 1.41 bits per heavy atom. The fourth-order valence-corrected chi connectivity index (χ4v) is 2.88. The SMILES string of the molecule is CCN(c1cccc(C)c1)C1CCCC1C#N. The van der Waals surface area contributed by atoms with Crippen molar-refractivity contribution in [2.24, 2.45) is 5.92 Å². The lowest BCUT2D eigenvalue weighted by atomic mass is 10.0. The van der Waals surface area contributed by atoms with Crippen LogP contribution in [0.5, 0.6) is 0 Å². The summed E-state index contributed by atoms with van der Waals surface area (Å²) in [6.45, 7) is 5.27. The van der Waals surface area contributed by atoms with Crippen LogP contribution in [0.1, 0.15) is 31.7 Å². The third kappa shape index (κ3) is 2.44. The molecule has 0 spiro atoms. The topological polar surface area (TPSA) is 27.0 Å². The molecule has 1 aromatic rings. The predicted octanol–water partition coefficient (Wildman–Crippen LogP) is 3.51. The van der Waals surface area contributed by atoms with Gasteiger partial charge in [0.25, 0.3) is 0 Å². The monoisotopic (exact) mass is 228 g/mol. The van der Waals surface area contributed by atoms with Gasteiger partial charge in [-0.2, -0.15) is 5.26 Å². The predicted molar refractivity (Wildman–Crippen MR) is 70.9 cm³/mol. The fraction of sp³-hybridized carbons (Fsp3) is 0.533. The van der Waals surface area contributed by atoms with Gasteiger partial charge in [0.1, 0.15) is 0 Å². The summed E-state index contributed by atoms with van der Waals surface area (Å²) in [6, 6.07) is 11.5. The molecule has 1 aromatic carbocycles. The third-order valence-electron chi connectivity index (χ3n) is 3.72. The second-order valence-electron chi connectivity index (χ2n) is 4.86. The van der Waals surface area contributed by atoms with Crippen LogP contribution in [0.25, 0.3) is 0 Å². The summed E-state index contributed by atoms with van der Waals surface area (Å²) in [7, 11) is 0. The van der Waals surface area contributed by atoms with E-state index in [0.29, 0.717) is 6.04 Å². The Hall–Kier alpha value is -1.49. The van der Waals surface area contributed by atoms with Gasteiger partial charge in [0.05, 0.1) is 12.0 Å². The first kappa shape index (κ1) is 12.0. The summed E-state index contributed by atoms with van der Waals surface area (Å²) >= 11 is 0. The van der Waals surface area contributed by atoms with E-state index >= 15 is 0 Å². The van der Waals surface area contributed by atoms with E-state index in [1.165, 1.54) is 17.7 Å². The molecule has 1 fully saturated rings. The van der Waals surface area contributed by atoms with Gasteiger partial charge < -0.3 is 4.90 Å². The number of hydrogen-bond acceptors (Lipinski definition) is 2. The average Bonchev–Trinajstić information content (AvgIpc) is 2.78. The normalized spacial score (nSPS) is 23.4. The summed E-state index contributed by atoms with van der Waals surface area (Å²) in [6.07, 6.45) is 3.40. The highest BCUT2D eigenvalue weighted by atomic mass is 15.2. The Labute approximate surface area is 104 Å². The van der Waals surface area contributed by atoms with Crippen LogP contribution in [0, 0.1) is 24.2 Å². The highest BCUT2D eigenvalue weighted by molar-refractivity contribution is 5.50. The summed E-state index contributed by atoms with van der Waals surface area (Å²) < 4.78 is 0. The van der Waals surface area contributed by atoms with Crippen molar-refractivity contribution in [1.29, 1.82) is 5.26 Å². The van der Waals surface area contributed by atoms with Crippen molar-refractivity contribution < 1.29 is 0 Å². The van der Waals surface area contributed by atoms with Gasteiger partial charge >= 0.3 is 0 Å². The number of hydrogen-bond donors (Lipinski definition) is 0. The van der Waals surface area contributed by atoms with Crippen LogP contribution in [0.15, 0.2) is 24.3 Å². The van der Waals surface area contributed by atoms with Gasteiger partial charge in [-0.15, -0.1) is 0 Å². The zero-order chi connectivity index (χ0) is 12.3. The summed E-state index contributed by atoms with van der Waals surface area (Å²) in [5.41, 5.74) is 2.55. The first-order valence-corrected chi connectivity index (χ1v) is 6.49. The molecule has 0 radical (unpaired) electrons. The molecule has 0 aromatic heterocycles. The lowest BCUT2D eigenvalue weighted by Crippen LogP contribution is -2.37. The lowest BCUT2D eigenvalue weighted by Gasteiger charge is -2.32. The van der Waals surface area contributed by atoms with Crippen LogP contribution in [0.2, 0.25) is 0 Å². The van der Waals surface area contributed by atoms with Gasteiger partial charge in [-0.1, -0.05) is 12.1 Å². The highest BCUT2D eigenvalue weighted by Gasteiger charge is 2.31. The molecule has 0 heterocycles. The maximum absolute atomic E-state index is 9.21. The molecule has 2 rings (SSSR count). The molecule has 2 atom stereocenters. The van der Waals surface area contributed by atoms with Crippen LogP contribution in [-0.4, -0.2) is 12.6 Å². The van der Waals surface area contributed by atoms with Crippen LogP contribution in [0.3, 0.4) is 0 Å². The second-order valence-corrected chi connectivity index (χ2v) is 4.86. The number of nitriles is 1. The Balaban J connectivity index is 2.24. The van der Waals surface area contributed by atoms with E-state index < -0.39 is 0 Å². The van der Waals surface area contributed by atoms with E-state index in [4.69, 9.17) is 0 Å². The maximum atomic E-state index is 9.21. The van der Waals surface area contributed by atoms with Crippen LogP contribution in [0.4, 0.5) is 5.69 Å². The quantitative estimate of drug-likeness (QED) is 0.791. The minimum atomic E-state index is 0.204. The molecule has 0 aliphatic heterocycles. The molecule has 0 saturated heterocycles. The number of rotatable bonds is 3. The second kappa shape index (κ2) is 5.23. The van der Waals surface area contributed by atoms with Gasteiger partial charge in [-0.05, 0) is 50.8 Å². The minimum absolute atomic E-state index is 0.204. The van der Waals surface area contributed by atoms with Crippen LogP contribution in [-0.2, 0) is 0 Å². The first-order valence-electron chi connectivity index (χ1n) is 6.49. The molecule has 2 unspecified atom stereocenters. The molecule has 17 heavy (non-hydrogen) atoms. The number of nitrogens with zero attached hydrogens (tertiary/aromatic N) is 2. The molecule has 0 amide bonds. The van der Waals surface area contributed by atoms with Crippen LogP contribution >= 0.6 is 0 Å². The molecule has 1 aliphatic carbocycles. The highest BCUT2D eigenvalue weighted by Crippen LogP contribution is 2.32. The first-order chi connectivity index (χ1) is 8.26. The summed E-state index contributed by atoms with van der Waals surface area (Å²) in [5.74, 6) is 0.204. The number of anilines is 1.